The second kappa shape index (κ2) is 9.22. The molecule has 0 bridgehead atoms. The predicted octanol–water partition coefficient (Wildman–Crippen LogP) is 2.58. The summed E-state index contributed by atoms with van der Waals surface area (Å²) in [6, 6.07) is 3.62. The van der Waals surface area contributed by atoms with E-state index in [9.17, 15) is 5.11 Å². The first-order valence-electron chi connectivity index (χ1n) is 8.37. The van der Waals surface area contributed by atoms with Gasteiger partial charge in [-0.15, -0.1) is 11.3 Å². The zero-order valence-corrected chi connectivity index (χ0v) is 16.7. The molecule has 0 aliphatic carbocycles. The molecule has 8 heteroatoms. The lowest BCUT2D eigenvalue weighted by molar-refractivity contribution is 0.191. The van der Waals surface area contributed by atoms with Crippen LogP contribution in [-0.2, 0) is 13.5 Å². The normalized spacial score (nSPS) is 13.1. The quantitative estimate of drug-likeness (QED) is 0.507. The number of rotatable bonds is 7. The highest BCUT2D eigenvalue weighted by Gasteiger charge is 2.11. The minimum atomic E-state index is -0.643. The van der Waals surface area contributed by atoms with Gasteiger partial charge in [-0.1, -0.05) is 11.6 Å². The predicted molar refractivity (Wildman–Crippen MR) is 105 cm³/mol. The molecule has 2 rings (SSSR count). The molecule has 1 unspecified atom stereocenters. The summed E-state index contributed by atoms with van der Waals surface area (Å²) in [5.74, 6) is 0.698. The summed E-state index contributed by atoms with van der Waals surface area (Å²) < 4.78 is 2.58. The third-order valence-electron chi connectivity index (χ3n) is 4.02. The average molecular weight is 384 g/mol. The van der Waals surface area contributed by atoms with Crippen LogP contribution in [0.25, 0.3) is 0 Å². The molecule has 138 valence electrons. The van der Waals surface area contributed by atoms with Crippen molar-refractivity contribution in [2.75, 3.05) is 19.6 Å². The Morgan fingerprint density at radius 3 is 2.72 bits per heavy atom. The molecule has 0 saturated carbocycles. The maximum Gasteiger partial charge on any atom is 0.191 e. The molecule has 0 spiro atoms. The number of aliphatic imine (C=N–C) groups is 1. The number of aryl methyl sites for hydroxylation is 2. The fourth-order valence-electron chi connectivity index (χ4n) is 2.60. The highest BCUT2D eigenvalue weighted by atomic mass is 35.5. The first kappa shape index (κ1) is 19.8. The number of aromatic nitrogens is 2. The Morgan fingerprint density at radius 2 is 2.16 bits per heavy atom. The number of thiophene rings is 1. The van der Waals surface area contributed by atoms with E-state index in [1.807, 2.05) is 31.6 Å². The molecule has 0 aliphatic heterocycles. The third kappa shape index (κ3) is 5.45. The van der Waals surface area contributed by atoms with E-state index in [4.69, 9.17) is 11.6 Å². The van der Waals surface area contributed by atoms with E-state index in [-0.39, 0.29) is 6.54 Å². The van der Waals surface area contributed by atoms with Crippen molar-refractivity contribution in [2.24, 2.45) is 12.0 Å². The molecule has 0 fully saturated rings. The topological polar surface area (TPSA) is 74.5 Å². The molecular weight excluding hydrogens is 358 g/mol. The first-order valence-corrected chi connectivity index (χ1v) is 9.56. The van der Waals surface area contributed by atoms with Crippen LogP contribution >= 0.6 is 22.9 Å². The van der Waals surface area contributed by atoms with Gasteiger partial charge in [0, 0.05) is 30.7 Å². The Labute approximate surface area is 157 Å². The molecular formula is C17H26ClN5OS. The lowest BCUT2D eigenvalue weighted by Gasteiger charge is -2.13. The fraction of sp³-hybridized carbons (Fsp3) is 0.529. The molecule has 0 aromatic carbocycles. The number of aliphatic hydroxyl groups is 1. The van der Waals surface area contributed by atoms with Crippen molar-refractivity contribution in [1.29, 1.82) is 0 Å². The van der Waals surface area contributed by atoms with Crippen molar-refractivity contribution < 1.29 is 5.11 Å². The molecule has 25 heavy (non-hydrogen) atoms. The summed E-state index contributed by atoms with van der Waals surface area (Å²) in [5.41, 5.74) is 3.51. The van der Waals surface area contributed by atoms with Crippen molar-refractivity contribution in [3.63, 3.8) is 0 Å². The highest BCUT2D eigenvalue weighted by molar-refractivity contribution is 7.16. The van der Waals surface area contributed by atoms with Crippen molar-refractivity contribution in [3.05, 3.63) is 38.3 Å². The van der Waals surface area contributed by atoms with E-state index in [0.717, 1.165) is 30.1 Å². The maximum absolute atomic E-state index is 10.2. The molecule has 0 amide bonds. The standard InChI is InChI=1S/C17H26ClN5OS/c1-5-19-17(21-10-14(24)15-6-7-16(18)25-15)20-9-8-13-11(2)22-23(4)12(13)3/h6-7,14,24H,5,8-10H2,1-4H3,(H2,19,20,21). The van der Waals surface area contributed by atoms with Gasteiger partial charge in [-0.3, -0.25) is 9.67 Å². The molecule has 1 atom stereocenters. The second-order valence-electron chi connectivity index (χ2n) is 5.83. The molecule has 6 nitrogen and oxygen atoms in total. The fourth-order valence-corrected chi connectivity index (χ4v) is 3.64. The monoisotopic (exact) mass is 383 g/mol. The van der Waals surface area contributed by atoms with Gasteiger partial charge in [-0.05, 0) is 44.9 Å². The van der Waals surface area contributed by atoms with Gasteiger partial charge in [0.1, 0.15) is 6.10 Å². The van der Waals surface area contributed by atoms with Crippen molar-refractivity contribution in [1.82, 2.24) is 20.4 Å². The lowest BCUT2D eigenvalue weighted by atomic mass is 10.1. The second-order valence-corrected chi connectivity index (χ2v) is 7.57. The van der Waals surface area contributed by atoms with Gasteiger partial charge in [0.2, 0.25) is 0 Å². The van der Waals surface area contributed by atoms with Gasteiger partial charge >= 0.3 is 0 Å². The minimum absolute atomic E-state index is 0.289. The largest absolute Gasteiger partial charge is 0.386 e. The summed E-state index contributed by atoms with van der Waals surface area (Å²) >= 11 is 7.29. The van der Waals surface area contributed by atoms with E-state index >= 15 is 0 Å². The van der Waals surface area contributed by atoms with Crippen LogP contribution in [0, 0.1) is 13.8 Å². The van der Waals surface area contributed by atoms with E-state index in [1.165, 1.54) is 22.6 Å². The van der Waals surface area contributed by atoms with Gasteiger partial charge in [-0.2, -0.15) is 5.10 Å². The Hall–Kier alpha value is -1.57. The van der Waals surface area contributed by atoms with E-state index in [1.54, 1.807) is 6.07 Å². The van der Waals surface area contributed by atoms with Gasteiger partial charge in [-0.25, -0.2) is 0 Å². The van der Waals surface area contributed by atoms with Crippen LogP contribution in [0.15, 0.2) is 17.1 Å². The summed E-state index contributed by atoms with van der Waals surface area (Å²) in [6.45, 7) is 7.93. The number of hydrogen-bond acceptors (Lipinski definition) is 4. The van der Waals surface area contributed by atoms with Crippen LogP contribution < -0.4 is 10.6 Å². The third-order valence-corrected chi connectivity index (χ3v) is 5.35. The average Bonchev–Trinajstić information content (AvgIpc) is 3.10. The van der Waals surface area contributed by atoms with Crippen LogP contribution in [0.1, 0.15) is 34.9 Å². The molecule has 2 aromatic heterocycles. The van der Waals surface area contributed by atoms with Gasteiger partial charge in [0.25, 0.3) is 0 Å². The molecule has 3 N–H and O–H groups in total. The number of nitrogens with zero attached hydrogens (tertiary/aromatic N) is 3. The zero-order valence-electron chi connectivity index (χ0n) is 15.1. The number of aliphatic hydroxyl groups excluding tert-OH is 1. The molecule has 2 aromatic rings. The summed E-state index contributed by atoms with van der Waals surface area (Å²) in [4.78, 5) is 5.29. The number of guanidine groups is 1. The van der Waals surface area contributed by atoms with E-state index < -0.39 is 6.10 Å². The summed E-state index contributed by atoms with van der Waals surface area (Å²) in [6.07, 6.45) is 0.231. The molecule has 0 radical (unpaired) electrons. The Balaban J connectivity index is 1.91. The minimum Gasteiger partial charge on any atom is -0.386 e. The zero-order chi connectivity index (χ0) is 18.4. The smallest absolute Gasteiger partial charge is 0.191 e. The SMILES string of the molecule is CCNC(=NCC(O)c1ccc(Cl)s1)NCCc1c(C)nn(C)c1C. The van der Waals surface area contributed by atoms with Crippen molar-refractivity contribution in [3.8, 4) is 0 Å². The summed E-state index contributed by atoms with van der Waals surface area (Å²) in [5, 5.41) is 21.2. The lowest BCUT2D eigenvalue weighted by Crippen LogP contribution is -2.38. The molecule has 0 saturated heterocycles. The van der Waals surface area contributed by atoms with Crippen LogP contribution in [0.5, 0.6) is 0 Å². The number of halogens is 1. The summed E-state index contributed by atoms with van der Waals surface area (Å²) in [7, 11) is 1.96. The van der Waals surface area contributed by atoms with Gasteiger partial charge in [0.15, 0.2) is 5.96 Å². The Kier molecular flexibility index (Phi) is 7.28. The van der Waals surface area contributed by atoms with Crippen LogP contribution in [-0.4, -0.2) is 40.5 Å². The van der Waals surface area contributed by atoms with Crippen LogP contribution in [0.4, 0.5) is 0 Å². The maximum atomic E-state index is 10.2. The Bertz CT molecular complexity index is 725. The van der Waals surface area contributed by atoms with E-state index in [2.05, 4.69) is 27.6 Å². The highest BCUT2D eigenvalue weighted by Crippen LogP contribution is 2.26. The molecule has 0 aliphatic rings. The Morgan fingerprint density at radius 1 is 1.40 bits per heavy atom. The van der Waals surface area contributed by atoms with Crippen molar-refractivity contribution >= 4 is 28.9 Å². The van der Waals surface area contributed by atoms with Gasteiger partial charge in [0.05, 0.1) is 16.6 Å². The molecule has 2 heterocycles. The van der Waals surface area contributed by atoms with Gasteiger partial charge < -0.3 is 15.7 Å². The van der Waals surface area contributed by atoms with E-state index in [0.29, 0.717) is 10.3 Å². The number of nitrogens with one attached hydrogen (secondary N) is 2. The number of hydrogen-bond donors (Lipinski definition) is 3. The first-order chi connectivity index (χ1) is 11.9. The van der Waals surface area contributed by atoms with Crippen LogP contribution in [0.3, 0.4) is 0 Å². The van der Waals surface area contributed by atoms with Crippen molar-refractivity contribution in [2.45, 2.75) is 33.3 Å². The van der Waals surface area contributed by atoms with Crippen LogP contribution in [0.2, 0.25) is 4.34 Å².